The fourth-order valence-corrected chi connectivity index (χ4v) is 3.79. The number of alkyl halides is 1. The Hall–Kier alpha value is -3.68. The van der Waals surface area contributed by atoms with Crippen molar-refractivity contribution in [3.63, 3.8) is 0 Å². The third-order valence-corrected chi connectivity index (χ3v) is 5.69. The summed E-state index contributed by atoms with van der Waals surface area (Å²) in [6.07, 6.45) is 1.30. The van der Waals surface area contributed by atoms with Crippen LogP contribution in [0.3, 0.4) is 0 Å². The van der Waals surface area contributed by atoms with Crippen LogP contribution >= 0.6 is 0 Å². The number of hydrogen-bond acceptors (Lipinski definition) is 5. The Bertz CT molecular complexity index is 1020. The molecule has 7 nitrogen and oxygen atoms in total. The van der Waals surface area contributed by atoms with E-state index in [9.17, 15) is 14.0 Å². The van der Waals surface area contributed by atoms with E-state index in [0.29, 0.717) is 38.4 Å². The number of ether oxygens (including phenoxy) is 1. The van der Waals surface area contributed by atoms with Crippen LogP contribution in [0.2, 0.25) is 0 Å². The van der Waals surface area contributed by atoms with Gasteiger partial charge in [0.1, 0.15) is 12.4 Å². The Labute approximate surface area is 192 Å². The number of rotatable bonds is 7. The second-order valence-electron chi connectivity index (χ2n) is 7.95. The fourth-order valence-electron chi connectivity index (χ4n) is 3.79. The van der Waals surface area contributed by atoms with Crippen LogP contribution in [0.5, 0.6) is 5.75 Å². The number of nitrogens with one attached hydrogen (secondary N) is 1. The average Bonchev–Trinajstić information content (AvgIpc) is 2.87. The molecule has 1 fully saturated rings. The van der Waals surface area contributed by atoms with Gasteiger partial charge in [0.25, 0.3) is 0 Å². The summed E-state index contributed by atoms with van der Waals surface area (Å²) in [4.78, 5) is 32.1. The highest BCUT2D eigenvalue weighted by molar-refractivity contribution is 5.99. The number of halogens is 1. The number of nitrogens with zero attached hydrogens (tertiary/aromatic N) is 3. The molecule has 2 amide bonds. The Morgan fingerprint density at radius 1 is 1.03 bits per heavy atom. The van der Waals surface area contributed by atoms with E-state index < -0.39 is 12.2 Å². The van der Waals surface area contributed by atoms with Crippen molar-refractivity contribution in [1.29, 1.82) is 0 Å². The van der Waals surface area contributed by atoms with Crippen LogP contribution in [0.25, 0.3) is 0 Å². The van der Waals surface area contributed by atoms with E-state index in [1.807, 2.05) is 54.6 Å². The second kappa shape index (κ2) is 10.8. The van der Waals surface area contributed by atoms with E-state index >= 15 is 0 Å². The van der Waals surface area contributed by atoms with E-state index in [0.717, 1.165) is 17.0 Å². The Morgan fingerprint density at radius 3 is 2.45 bits per heavy atom. The topological polar surface area (TPSA) is 74.2 Å². The third-order valence-electron chi connectivity index (χ3n) is 5.69. The first kappa shape index (κ1) is 22.5. The Balaban J connectivity index is 1.20. The van der Waals surface area contributed by atoms with Gasteiger partial charge < -0.3 is 19.9 Å². The highest BCUT2D eigenvalue weighted by Gasteiger charge is 2.23. The van der Waals surface area contributed by atoms with Crippen LogP contribution in [-0.2, 0) is 16.2 Å². The lowest BCUT2D eigenvalue weighted by Crippen LogP contribution is -2.51. The minimum absolute atomic E-state index is 0.0642. The molecule has 1 atom stereocenters. The van der Waals surface area contributed by atoms with Gasteiger partial charge in [0.2, 0.25) is 11.8 Å². The van der Waals surface area contributed by atoms with Crippen LogP contribution in [0, 0.1) is 0 Å². The maximum atomic E-state index is 13.3. The fraction of sp³-hybridized carbons (Fsp3) is 0.320. The smallest absolute Gasteiger partial charge is 0.247 e. The first-order valence-corrected chi connectivity index (χ1v) is 11.0. The highest BCUT2D eigenvalue weighted by Crippen LogP contribution is 2.21. The molecule has 2 aromatic carbocycles. The predicted molar refractivity (Wildman–Crippen MR) is 125 cm³/mol. The molecule has 1 N–H and O–H groups in total. The minimum atomic E-state index is -1.40. The summed E-state index contributed by atoms with van der Waals surface area (Å²) in [6.45, 7) is 2.98. The van der Waals surface area contributed by atoms with Gasteiger partial charge >= 0.3 is 0 Å². The average molecular weight is 451 g/mol. The number of aliphatic imine (C=N–C) groups is 1. The maximum Gasteiger partial charge on any atom is 0.247 e. The lowest BCUT2D eigenvalue weighted by atomic mass is 10.1. The number of allylic oxidation sites excluding steroid dienone is 1. The molecule has 2 aliphatic heterocycles. The summed E-state index contributed by atoms with van der Waals surface area (Å²) >= 11 is 0. The lowest BCUT2D eigenvalue weighted by molar-refractivity contribution is -0.132. The monoisotopic (exact) mass is 450 g/mol. The zero-order valence-electron chi connectivity index (χ0n) is 18.3. The number of piperazine rings is 1. The van der Waals surface area contributed by atoms with Crippen molar-refractivity contribution in [2.24, 2.45) is 4.99 Å². The van der Waals surface area contributed by atoms with E-state index in [1.165, 1.54) is 12.3 Å². The van der Waals surface area contributed by atoms with Crippen molar-refractivity contribution in [2.45, 2.75) is 19.3 Å². The van der Waals surface area contributed by atoms with E-state index in [4.69, 9.17) is 4.74 Å². The van der Waals surface area contributed by atoms with Gasteiger partial charge in [-0.2, -0.15) is 0 Å². The van der Waals surface area contributed by atoms with E-state index in [2.05, 4.69) is 15.2 Å². The summed E-state index contributed by atoms with van der Waals surface area (Å²) in [5.41, 5.74) is 2.50. The van der Waals surface area contributed by atoms with Crippen molar-refractivity contribution in [3.8, 4) is 5.75 Å². The molecule has 172 valence electrons. The van der Waals surface area contributed by atoms with Gasteiger partial charge in [-0.3, -0.25) is 14.6 Å². The van der Waals surface area contributed by atoms with Crippen molar-refractivity contribution in [2.75, 3.05) is 37.6 Å². The number of dihydropyridines is 1. The summed E-state index contributed by atoms with van der Waals surface area (Å²) < 4.78 is 19.1. The number of carbonyl (C=O) groups excluding carboxylic acids is 2. The maximum absolute atomic E-state index is 13.3. The second-order valence-corrected chi connectivity index (χ2v) is 7.95. The molecule has 33 heavy (non-hydrogen) atoms. The van der Waals surface area contributed by atoms with Crippen LogP contribution in [0.1, 0.15) is 12.0 Å². The molecule has 4 rings (SSSR count). The van der Waals surface area contributed by atoms with Crippen molar-refractivity contribution >= 4 is 23.7 Å². The van der Waals surface area contributed by atoms with Crippen LogP contribution in [-0.4, -0.2) is 61.9 Å². The largest absolute Gasteiger partial charge is 0.489 e. The van der Waals surface area contributed by atoms with Crippen LogP contribution < -0.4 is 15.0 Å². The lowest BCUT2D eigenvalue weighted by Gasteiger charge is -2.36. The normalized spacial score (nSPS) is 18.0. The Morgan fingerprint density at radius 2 is 1.76 bits per heavy atom. The van der Waals surface area contributed by atoms with E-state index in [-0.39, 0.29) is 18.9 Å². The zero-order chi connectivity index (χ0) is 23.0. The van der Waals surface area contributed by atoms with Gasteiger partial charge in [0, 0.05) is 50.1 Å². The van der Waals surface area contributed by atoms with Crippen LogP contribution in [0.4, 0.5) is 10.1 Å². The standard InChI is InChI=1S/C25H27FN4O3/c26-23-16-20(10-11-27-23)25(32)28-17-24(31)30-14-12-29(13-15-30)21-6-8-22(9-7-21)33-18-19-4-2-1-3-5-19/h1-11,23H,12-18H2,(H,28,32). The molecule has 0 radical (unpaired) electrons. The molecular weight excluding hydrogens is 423 g/mol. The molecule has 0 bridgehead atoms. The number of hydrogen-bond donors (Lipinski definition) is 1. The molecule has 8 heteroatoms. The molecule has 0 spiro atoms. The molecule has 0 saturated carbocycles. The molecular formula is C25H27FN4O3. The first-order valence-electron chi connectivity index (χ1n) is 11.0. The van der Waals surface area contributed by atoms with Gasteiger partial charge in [0.15, 0.2) is 6.30 Å². The summed E-state index contributed by atoms with van der Waals surface area (Å²) in [7, 11) is 0. The highest BCUT2D eigenvalue weighted by atomic mass is 19.1. The molecule has 0 aliphatic carbocycles. The van der Waals surface area contributed by atoms with Gasteiger partial charge in [-0.15, -0.1) is 0 Å². The first-order chi connectivity index (χ1) is 16.1. The van der Waals surface area contributed by atoms with Gasteiger partial charge in [-0.05, 0) is 35.9 Å². The number of amides is 2. The van der Waals surface area contributed by atoms with Gasteiger partial charge in [-0.25, -0.2) is 4.39 Å². The van der Waals surface area contributed by atoms with Gasteiger partial charge in [-0.1, -0.05) is 30.3 Å². The molecule has 2 heterocycles. The third kappa shape index (κ3) is 6.19. The predicted octanol–water partition coefficient (Wildman–Crippen LogP) is 2.73. The molecule has 2 aromatic rings. The minimum Gasteiger partial charge on any atom is -0.489 e. The molecule has 2 aliphatic rings. The molecule has 1 unspecified atom stereocenters. The summed E-state index contributed by atoms with van der Waals surface area (Å²) in [6, 6.07) is 18.0. The van der Waals surface area contributed by atoms with Crippen molar-refractivity contribution < 1.29 is 18.7 Å². The van der Waals surface area contributed by atoms with E-state index in [1.54, 1.807) is 4.90 Å². The number of benzene rings is 2. The van der Waals surface area contributed by atoms with Crippen LogP contribution in [0.15, 0.2) is 71.2 Å². The van der Waals surface area contributed by atoms with Crippen molar-refractivity contribution in [3.05, 3.63) is 71.8 Å². The SMILES string of the molecule is O=C(NCC(=O)N1CCN(c2ccc(OCc3ccccc3)cc2)CC1)C1=CC=NC(F)C1. The van der Waals surface area contributed by atoms with Crippen molar-refractivity contribution in [1.82, 2.24) is 10.2 Å². The Kier molecular flexibility index (Phi) is 7.34. The zero-order valence-corrected chi connectivity index (χ0v) is 18.3. The van der Waals surface area contributed by atoms with Gasteiger partial charge in [0.05, 0.1) is 6.54 Å². The molecule has 1 saturated heterocycles. The number of anilines is 1. The summed E-state index contributed by atoms with van der Waals surface area (Å²) in [5, 5.41) is 2.59. The number of carbonyl (C=O) groups is 2. The summed E-state index contributed by atoms with van der Waals surface area (Å²) in [5.74, 6) is 0.241. The quantitative estimate of drug-likeness (QED) is 0.659. The molecule has 0 aromatic heterocycles.